The van der Waals surface area contributed by atoms with E-state index in [4.69, 9.17) is 10.00 Å². The third kappa shape index (κ3) is 6.23. The summed E-state index contributed by atoms with van der Waals surface area (Å²) in [6.45, 7) is 0.0665. The maximum atomic E-state index is 15.9. The molecule has 13 heteroatoms. The summed E-state index contributed by atoms with van der Waals surface area (Å²) in [5, 5.41) is 32.6. The van der Waals surface area contributed by atoms with E-state index in [9.17, 15) is 18.3 Å². The fourth-order valence-corrected chi connectivity index (χ4v) is 4.23. The Hall–Kier alpha value is -5.66. The number of nitrogens with zero attached hydrogens (tertiary/aromatic N) is 5. The molecule has 0 aliphatic heterocycles. The second-order valence-corrected chi connectivity index (χ2v) is 9.49. The molecule has 2 heterocycles. The van der Waals surface area contributed by atoms with Crippen LogP contribution in [0.15, 0.2) is 79.0 Å². The van der Waals surface area contributed by atoms with Crippen LogP contribution in [0.3, 0.4) is 0 Å². The summed E-state index contributed by atoms with van der Waals surface area (Å²) in [7, 11) is 0. The number of aromatic nitrogens is 5. The number of hydrogen-bond donors (Lipinski definition) is 2. The molecule has 0 aliphatic carbocycles. The molecular weight excluding hydrogens is 583 g/mol. The number of benzene rings is 3. The van der Waals surface area contributed by atoms with Gasteiger partial charge in [-0.05, 0) is 54.1 Å². The molecule has 0 spiro atoms. The normalized spacial score (nSPS) is 12.5. The summed E-state index contributed by atoms with van der Waals surface area (Å²) in [6.07, 6.45) is 0.103. The van der Waals surface area contributed by atoms with Crippen LogP contribution in [0.5, 0.6) is 5.75 Å². The number of hydrogen-bond acceptors (Lipinski definition) is 7. The van der Waals surface area contributed by atoms with Crippen molar-refractivity contribution >= 4 is 0 Å². The lowest BCUT2D eigenvalue weighted by atomic mass is 9.81. The van der Waals surface area contributed by atoms with Crippen molar-refractivity contribution in [2.24, 2.45) is 0 Å². The number of ether oxygens (including phenoxy) is 1. The zero-order chi connectivity index (χ0) is 31.3. The Bertz CT molecular complexity index is 1880. The number of H-pyrrole nitrogens is 1. The molecule has 0 amide bonds. The summed E-state index contributed by atoms with van der Waals surface area (Å²) in [5.41, 5.74) is -3.29. The second-order valence-electron chi connectivity index (χ2n) is 9.49. The van der Waals surface area contributed by atoms with Gasteiger partial charge in [-0.25, -0.2) is 13.2 Å². The van der Waals surface area contributed by atoms with Gasteiger partial charge in [0.05, 0.1) is 18.1 Å². The molecule has 5 rings (SSSR count). The largest absolute Gasteiger partial charge is 0.486 e. The lowest BCUT2D eigenvalue weighted by Gasteiger charge is -2.35. The number of halogens is 5. The number of aromatic amines is 1. The summed E-state index contributed by atoms with van der Waals surface area (Å²) < 4.78 is 79.4. The summed E-state index contributed by atoms with van der Waals surface area (Å²) in [4.78, 5) is 3.78. The van der Waals surface area contributed by atoms with E-state index in [0.29, 0.717) is 11.6 Å². The second kappa shape index (κ2) is 12.3. The first-order chi connectivity index (χ1) is 21.1. The highest BCUT2D eigenvalue weighted by atomic mass is 19.3. The summed E-state index contributed by atoms with van der Waals surface area (Å²) >= 11 is 0. The molecule has 1 atom stereocenters. The summed E-state index contributed by atoms with van der Waals surface area (Å²) in [5.74, 6) is -1.92. The van der Waals surface area contributed by atoms with Gasteiger partial charge in [0, 0.05) is 29.0 Å². The monoisotopic (exact) mass is 602 g/mol. The first-order valence-corrected chi connectivity index (χ1v) is 12.8. The standard InChI is InChI=1S/C31H19F5N6O2/c32-23-9-10-24(25(33)14-23)30(43,15-29-39-41-42-40-29)31(35,36)28-12-8-20(17-38-28)4-1-19-2-5-21(6-3-19)18-44-27-11-7-22(16-37)13-26(27)34/h2-3,5-14,17,43H,15,18H2,(H,39,40,41,42). The van der Waals surface area contributed by atoms with Crippen molar-refractivity contribution < 1.29 is 31.8 Å². The number of rotatable bonds is 8. The first kappa shape index (κ1) is 29.8. The Kier molecular flexibility index (Phi) is 8.33. The third-order valence-electron chi connectivity index (χ3n) is 6.54. The number of aliphatic hydroxyl groups is 1. The van der Waals surface area contributed by atoms with Crippen LogP contribution in [0.4, 0.5) is 22.0 Å². The van der Waals surface area contributed by atoms with Crippen molar-refractivity contribution in [1.82, 2.24) is 25.6 Å². The van der Waals surface area contributed by atoms with Gasteiger partial charge in [-0.15, -0.1) is 10.2 Å². The van der Waals surface area contributed by atoms with E-state index >= 15 is 8.78 Å². The van der Waals surface area contributed by atoms with Crippen molar-refractivity contribution in [2.45, 2.75) is 24.6 Å². The SMILES string of the molecule is N#Cc1ccc(OCc2ccc(C#Cc3ccc(C(F)(F)C(O)(Cc4nn[nH]n4)c4ccc(F)cc4F)nc3)cc2)c(F)c1. The zero-order valence-electron chi connectivity index (χ0n) is 22.4. The Morgan fingerprint density at radius 2 is 1.59 bits per heavy atom. The Morgan fingerprint density at radius 1 is 0.864 bits per heavy atom. The van der Waals surface area contributed by atoms with Gasteiger partial charge >= 0.3 is 5.92 Å². The molecule has 0 fully saturated rings. The minimum Gasteiger partial charge on any atom is -0.486 e. The van der Waals surface area contributed by atoms with Gasteiger partial charge in [0.15, 0.2) is 23.0 Å². The van der Waals surface area contributed by atoms with E-state index < -0.39 is 46.7 Å². The van der Waals surface area contributed by atoms with Crippen LogP contribution in [0.25, 0.3) is 0 Å². The summed E-state index contributed by atoms with van der Waals surface area (Å²) in [6, 6.07) is 16.6. The Morgan fingerprint density at radius 3 is 2.23 bits per heavy atom. The minimum atomic E-state index is -4.20. The number of tetrazole rings is 1. The lowest BCUT2D eigenvalue weighted by Crippen LogP contribution is -2.46. The minimum absolute atomic E-state index is 0.00504. The van der Waals surface area contributed by atoms with E-state index in [2.05, 4.69) is 37.4 Å². The maximum absolute atomic E-state index is 15.9. The van der Waals surface area contributed by atoms with Gasteiger partial charge < -0.3 is 9.84 Å². The molecular formula is C31H19F5N6O2. The molecule has 44 heavy (non-hydrogen) atoms. The quantitative estimate of drug-likeness (QED) is 0.188. The lowest BCUT2D eigenvalue weighted by molar-refractivity contribution is -0.199. The molecule has 2 aromatic heterocycles. The van der Waals surface area contributed by atoms with Crippen LogP contribution in [0, 0.1) is 40.6 Å². The van der Waals surface area contributed by atoms with Crippen LogP contribution in [-0.4, -0.2) is 30.7 Å². The molecule has 8 nitrogen and oxygen atoms in total. The maximum Gasteiger partial charge on any atom is 0.322 e. The zero-order valence-corrected chi connectivity index (χ0v) is 22.4. The average molecular weight is 603 g/mol. The molecule has 0 saturated carbocycles. The number of nitrogens with one attached hydrogen (secondary N) is 1. The van der Waals surface area contributed by atoms with E-state index in [1.807, 2.05) is 6.07 Å². The predicted molar refractivity (Wildman–Crippen MR) is 144 cm³/mol. The Balaban J connectivity index is 1.32. The fraction of sp³-hybridized carbons (Fsp3) is 0.129. The molecule has 0 bridgehead atoms. The number of alkyl halides is 2. The van der Waals surface area contributed by atoms with E-state index in [1.165, 1.54) is 18.2 Å². The smallest absolute Gasteiger partial charge is 0.322 e. The van der Waals surface area contributed by atoms with Crippen molar-refractivity contribution in [3.8, 4) is 23.7 Å². The molecule has 3 aromatic carbocycles. The van der Waals surface area contributed by atoms with Crippen LogP contribution in [-0.2, 0) is 24.6 Å². The van der Waals surface area contributed by atoms with Crippen LogP contribution >= 0.6 is 0 Å². The number of pyridine rings is 1. The van der Waals surface area contributed by atoms with Gasteiger partial charge in [0.1, 0.15) is 23.9 Å². The molecule has 2 N–H and O–H groups in total. The number of nitriles is 1. The third-order valence-corrected chi connectivity index (χ3v) is 6.54. The molecule has 0 saturated heterocycles. The molecule has 5 aromatic rings. The van der Waals surface area contributed by atoms with E-state index in [1.54, 1.807) is 24.3 Å². The van der Waals surface area contributed by atoms with E-state index in [0.717, 1.165) is 36.0 Å². The van der Waals surface area contributed by atoms with Crippen molar-refractivity contribution in [3.63, 3.8) is 0 Å². The fourth-order valence-electron chi connectivity index (χ4n) is 4.23. The van der Waals surface area contributed by atoms with E-state index in [-0.39, 0.29) is 29.3 Å². The van der Waals surface area contributed by atoms with Gasteiger partial charge in [0.25, 0.3) is 0 Å². The predicted octanol–water partition coefficient (Wildman–Crippen LogP) is 5.08. The van der Waals surface area contributed by atoms with Crippen LogP contribution in [0.2, 0.25) is 0 Å². The van der Waals surface area contributed by atoms with Gasteiger partial charge in [-0.1, -0.05) is 35.3 Å². The highest BCUT2D eigenvalue weighted by molar-refractivity contribution is 5.43. The highest BCUT2D eigenvalue weighted by Gasteiger charge is 2.58. The van der Waals surface area contributed by atoms with Gasteiger partial charge in [-0.3, -0.25) is 4.98 Å². The van der Waals surface area contributed by atoms with Crippen LogP contribution in [0.1, 0.15) is 39.3 Å². The Labute approximate surface area is 246 Å². The van der Waals surface area contributed by atoms with Crippen LogP contribution < -0.4 is 4.74 Å². The molecule has 220 valence electrons. The van der Waals surface area contributed by atoms with Gasteiger partial charge in [0.2, 0.25) is 0 Å². The topological polar surface area (TPSA) is 121 Å². The van der Waals surface area contributed by atoms with Crippen molar-refractivity contribution in [1.29, 1.82) is 5.26 Å². The highest BCUT2D eigenvalue weighted by Crippen LogP contribution is 2.47. The molecule has 1 unspecified atom stereocenters. The average Bonchev–Trinajstić information content (AvgIpc) is 3.52. The molecule has 0 aliphatic rings. The van der Waals surface area contributed by atoms with Crippen molar-refractivity contribution in [2.75, 3.05) is 0 Å². The first-order valence-electron chi connectivity index (χ1n) is 12.8. The molecule has 0 radical (unpaired) electrons. The van der Waals surface area contributed by atoms with Crippen molar-refractivity contribution in [3.05, 3.63) is 136 Å². The van der Waals surface area contributed by atoms with Gasteiger partial charge in [-0.2, -0.15) is 19.3 Å².